The van der Waals surface area contributed by atoms with E-state index in [0.717, 1.165) is 6.07 Å². The summed E-state index contributed by atoms with van der Waals surface area (Å²) in [6.45, 7) is 3.27. The highest BCUT2D eigenvalue weighted by Crippen LogP contribution is 2.25. The number of nitro groups is 1. The molecule has 11 heteroatoms. The van der Waals surface area contributed by atoms with Crippen LogP contribution in [0.2, 0.25) is 5.02 Å². The van der Waals surface area contributed by atoms with Crippen molar-refractivity contribution in [3.8, 4) is 0 Å². The van der Waals surface area contributed by atoms with Crippen LogP contribution in [0.4, 0.5) is 16.2 Å². The van der Waals surface area contributed by atoms with E-state index in [1.165, 1.54) is 17.0 Å². The molecule has 3 amide bonds. The lowest BCUT2D eigenvalue weighted by atomic mass is 10.1. The number of benzene rings is 2. The number of rotatable bonds is 5. The molecule has 1 N–H and O–H groups in total. The highest BCUT2D eigenvalue weighted by Gasteiger charge is 2.27. The second-order valence-electron chi connectivity index (χ2n) is 6.90. The van der Waals surface area contributed by atoms with Crippen LogP contribution in [0.25, 0.3) is 0 Å². The van der Waals surface area contributed by atoms with Crippen molar-refractivity contribution in [3.05, 3.63) is 68.7 Å². The number of piperazine rings is 1. The lowest BCUT2D eigenvalue weighted by Gasteiger charge is -2.34. The van der Waals surface area contributed by atoms with Crippen LogP contribution < -0.4 is 5.32 Å². The molecule has 168 valence electrons. The van der Waals surface area contributed by atoms with Crippen molar-refractivity contribution >= 4 is 40.9 Å². The zero-order valence-corrected chi connectivity index (χ0v) is 18.0. The van der Waals surface area contributed by atoms with E-state index in [4.69, 9.17) is 16.3 Å². The summed E-state index contributed by atoms with van der Waals surface area (Å²) in [5, 5.41) is 14.0. The minimum Gasteiger partial charge on any atom is -0.450 e. The van der Waals surface area contributed by atoms with Gasteiger partial charge in [0.15, 0.2) is 0 Å². The number of carbonyl (C=O) groups excluding carboxylic acids is 3. The first-order valence-electron chi connectivity index (χ1n) is 9.87. The van der Waals surface area contributed by atoms with E-state index in [9.17, 15) is 24.5 Å². The van der Waals surface area contributed by atoms with Gasteiger partial charge >= 0.3 is 6.09 Å². The average Bonchev–Trinajstić information content (AvgIpc) is 2.79. The number of ether oxygens (including phenoxy) is 1. The van der Waals surface area contributed by atoms with E-state index in [-0.39, 0.29) is 34.4 Å². The minimum absolute atomic E-state index is 0.130. The van der Waals surface area contributed by atoms with Crippen molar-refractivity contribution in [1.29, 1.82) is 0 Å². The quantitative estimate of drug-likeness (QED) is 0.539. The number of hydrogen-bond donors (Lipinski definition) is 1. The third-order valence-electron chi connectivity index (χ3n) is 4.90. The molecular weight excluding hydrogens is 440 g/mol. The number of anilines is 1. The Labute approximate surface area is 188 Å². The van der Waals surface area contributed by atoms with Crippen LogP contribution in [0.5, 0.6) is 0 Å². The van der Waals surface area contributed by atoms with Crippen molar-refractivity contribution in [1.82, 2.24) is 9.80 Å². The summed E-state index contributed by atoms with van der Waals surface area (Å²) in [7, 11) is 0. The number of para-hydroxylation sites is 1. The molecule has 0 radical (unpaired) electrons. The Morgan fingerprint density at radius 3 is 2.38 bits per heavy atom. The summed E-state index contributed by atoms with van der Waals surface area (Å²) in [5.74, 6) is -1.06. The molecule has 1 aliphatic rings. The van der Waals surface area contributed by atoms with E-state index in [0.29, 0.717) is 26.2 Å². The second kappa shape index (κ2) is 10.1. The molecule has 1 saturated heterocycles. The van der Waals surface area contributed by atoms with Gasteiger partial charge in [0.1, 0.15) is 5.56 Å². The summed E-state index contributed by atoms with van der Waals surface area (Å²) in [4.78, 5) is 51.4. The maximum absolute atomic E-state index is 13.1. The normalized spacial score (nSPS) is 13.4. The van der Waals surface area contributed by atoms with Crippen LogP contribution >= 0.6 is 11.6 Å². The van der Waals surface area contributed by atoms with Gasteiger partial charge in [0.25, 0.3) is 17.5 Å². The number of nitrogens with one attached hydrogen (secondary N) is 1. The fraction of sp³-hybridized carbons (Fsp3) is 0.286. The maximum Gasteiger partial charge on any atom is 0.409 e. The van der Waals surface area contributed by atoms with Gasteiger partial charge < -0.3 is 19.9 Å². The molecule has 1 heterocycles. The van der Waals surface area contributed by atoms with Crippen molar-refractivity contribution in [2.75, 3.05) is 38.1 Å². The zero-order valence-electron chi connectivity index (χ0n) is 17.2. The minimum atomic E-state index is -0.735. The van der Waals surface area contributed by atoms with Gasteiger partial charge in [-0.1, -0.05) is 23.7 Å². The van der Waals surface area contributed by atoms with Gasteiger partial charge in [-0.2, -0.15) is 0 Å². The monoisotopic (exact) mass is 460 g/mol. The van der Waals surface area contributed by atoms with Crippen LogP contribution in [-0.4, -0.2) is 65.4 Å². The summed E-state index contributed by atoms with van der Waals surface area (Å²) in [5.41, 5.74) is -0.153. The van der Waals surface area contributed by atoms with Crippen molar-refractivity contribution in [2.24, 2.45) is 0 Å². The highest BCUT2D eigenvalue weighted by molar-refractivity contribution is 6.31. The molecule has 0 atom stereocenters. The molecule has 1 fully saturated rings. The zero-order chi connectivity index (χ0) is 23.3. The Hall–Kier alpha value is -3.66. The Kier molecular flexibility index (Phi) is 7.26. The molecule has 2 aromatic rings. The Balaban J connectivity index is 1.76. The predicted octanol–water partition coefficient (Wildman–Crippen LogP) is 3.41. The highest BCUT2D eigenvalue weighted by atomic mass is 35.5. The number of carbonyl (C=O) groups is 3. The van der Waals surface area contributed by atoms with Crippen LogP contribution in [0.15, 0.2) is 42.5 Å². The third-order valence-corrected chi connectivity index (χ3v) is 5.13. The lowest BCUT2D eigenvalue weighted by molar-refractivity contribution is -0.385. The molecule has 0 unspecified atom stereocenters. The fourth-order valence-corrected chi connectivity index (χ4v) is 3.46. The third kappa shape index (κ3) is 5.14. The standard InChI is InChI=1S/C21H21ClN4O6/c1-2-32-21(29)25-11-9-24(10-12-25)20(28)15-5-3-4-6-17(15)23-19(27)16-8-7-14(22)13-18(16)26(30)31/h3-8,13H,2,9-12H2,1H3,(H,23,27). The topological polar surface area (TPSA) is 122 Å². The molecular formula is C21H21ClN4O6. The summed E-state index contributed by atoms with van der Waals surface area (Å²) < 4.78 is 4.98. The summed E-state index contributed by atoms with van der Waals surface area (Å²) in [6.07, 6.45) is -0.420. The number of halogens is 1. The molecule has 1 aliphatic heterocycles. The van der Waals surface area contributed by atoms with Gasteiger partial charge in [-0.15, -0.1) is 0 Å². The molecule has 2 aromatic carbocycles. The SMILES string of the molecule is CCOC(=O)N1CCN(C(=O)c2ccccc2NC(=O)c2ccc(Cl)cc2[N+](=O)[O-])CC1. The molecule has 3 rings (SSSR count). The number of hydrogen-bond acceptors (Lipinski definition) is 6. The van der Waals surface area contributed by atoms with Crippen LogP contribution in [-0.2, 0) is 4.74 Å². The van der Waals surface area contributed by atoms with Crippen LogP contribution in [0, 0.1) is 10.1 Å². The lowest BCUT2D eigenvalue weighted by Crippen LogP contribution is -2.50. The molecule has 0 aromatic heterocycles. The van der Waals surface area contributed by atoms with Crippen molar-refractivity contribution in [2.45, 2.75) is 6.92 Å². The first-order chi connectivity index (χ1) is 15.3. The van der Waals surface area contributed by atoms with Crippen molar-refractivity contribution in [3.63, 3.8) is 0 Å². The van der Waals surface area contributed by atoms with Gasteiger partial charge in [0.05, 0.1) is 22.8 Å². The molecule has 0 saturated carbocycles. The van der Waals surface area contributed by atoms with Gasteiger partial charge in [-0.05, 0) is 31.2 Å². The van der Waals surface area contributed by atoms with E-state index in [1.807, 2.05) is 0 Å². The molecule has 32 heavy (non-hydrogen) atoms. The van der Waals surface area contributed by atoms with Crippen molar-refractivity contribution < 1.29 is 24.0 Å². The Bertz CT molecular complexity index is 1050. The van der Waals surface area contributed by atoms with Crippen LogP contribution in [0.1, 0.15) is 27.6 Å². The van der Waals surface area contributed by atoms with Gasteiger partial charge in [-0.25, -0.2) is 4.79 Å². The Morgan fingerprint density at radius 1 is 1.06 bits per heavy atom. The summed E-state index contributed by atoms with van der Waals surface area (Å²) >= 11 is 5.81. The Morgan fingerprint density at radius 2 is 1.72 bits per heavy atom. The molecule has 0 aliphatic carbocycles. The van der Waals surface area contributed by atoms with Crippen LogP contribution in [0.3, 0.4) is 0 Å². The number of nitrogens with zero attached hydrogens (tertiary/aromatic N) is 3. The van der Waals surface area contributed by atoms with E-state index in [1.54, 1.807) is 36.1 Å². The second-order valence-corrected chi connectivity index (χ2v) is 7.33. The maximum atomic E-state index is 13.1. The number of amides is 3. The largest absolute Gasteiger partial charge is 0.450 e. The molecule has 10 nitrogen and oxygen atoms in total. The summed E-state index contributed by atoms with van der Waals surface area (Å²) in [6, 6.07) is 10.1. The van der Waals surface area contributed by atoms with Gasteiger partial charge in [0, 0.05) is 37.3 Å². The first-order valence-corrected chi connectivity index (χ1v) is 10.2. The van der Waals surface area contributed by atoms with Gasteiger partial charge in [-0.3, -0.25) is 19.7 Å². The van der Waals surface area contributed by atoms with E-state index >= 15 is 0 Å². The molecule has 0 bridgehead atoms. The number of nitro benzene ring substituents is 1. The van der Waals surface area contributed by atoms with E-state index < -0.39 is 22.6 Å². The first kappa shape index (κ1) is 23.0. The average molecular weight is 461 g/mol. The predicted molar refractivity (Wildman–Crippen MR) is 117 cm³/mol. The fourth-order valence-electron chi connectivity index (χ4n) is 3.29. The van der Waals surface area contributed by atoms with Gasteiger partial charge in [0.2, 0.25) is 0 Å². The van der Waals surface area contributed by atoms with E-state index in [2.05, 4.69) is 5.32 Å². The smallest absolute Gasteiger partial charge is 0.409 e. The molecule has 0 spiro atoms.